The van der Waals surface area contributed by atoms with Crippen molar-refractivity contribution in [3.05, 3.63) is 53.1 Å². The second kappa shape index (κ2) is 8.24. The van der Waals surface area contributed by atoms with Gasteiger partial charge >= 0.3 is 0 Å². The molecule has 0 bridgehead atoms. The van der Waals surface area contributed by atoms with Gasteiger partial charge in [0.25, 0.3) is 0 Å². The van der Waals surface area contributed by atoms with Gasteiger partial charge in [-0.1, -0.05) is 35.0 Å². The molecule has 2 aromatic heterocycles. The van der Waals surface area contributed by atoms with Crippen LogP contribution in [0.15, 0.2) is 46.3 Å². The molecule has 0 unspecified atom stereocenters. The van der Waals surface area contributed by atoms with E-state index >= 15 is 0 Å². The number of nitrogens with one attached hydrogen (secondary N) is 1. The summed E-state index contributed by atoms with van der Waals surface area (Å²) in [5.74, 6) is 0.593. The highest BCUT2D eigenvalue weighted by molar-refractivity contribution is 7.91. The number of sulfone groups is 1. The number of hydrogen-bond donors (Lipinski definition) is 1. The first-order valence-corrected chi connectivity index (χ1v) is 11.5. The van der Waals surface area contributed by atoms with Gasteiger partial charge in [-0.05, 0) is 50.5 Å². The van der Waals surface area contributed by atoms with Gasteiger partial charge in [-0.3, -0.25) is 0 Å². The van der Waals surface area contributed by atoms with Crippen LogP contribution in [-0.2, 0) is 14.6 Å². The molecule has 162 valence electrons. The fraction of sp³-hybridized carbons (Fsp3) is 0.318. The average Bonchev–Trinajstić information content (AvgIpc) is 3.15. The quantitative estimate of drug-likeness (QED) is 0.440. The van der Waals surface area contributed by atoms with Crippen molar-refractivity contribution in [2.24, 2.45) is 0 Å². The third-order valence-electron chi connectivity index (χ3n) is 5.17. The lowest BCUT2D eigenvalue weighted by Gasteiger charge is -2.12. The average molecular weight is 440 g/mol. The zero-order chi connectivity index (χ0) is 22.2. The number of aromatic nitrogens is 4. The predicted octanol–water partition coefficient (Wildman–Crippen LogP) is 3.48. The Morgan fingerprint density at radius 1 is 1.10 bits per heavy atom. The van der Waals surface area contributed by atoms with E-state index in [1.165, 1.54) is 4.52 Å². The summed E-state index contributed by atoms with van der Waals surface area (Å²) < 4.78 is 33.8. The van der Waals surface area contributed by atoms with Crippen LogP contribution in [0.25, 0.3) is 16.6 Å². The van der Waals surface area contributed by atoms with E-state index in [9.17, 15) is 8.42 Å². The monoisotopic (exact) mass is 439 g/mol. The molecular formula is C22H25N5O3S. The molecule has 8 nitrogen and oxygen atoms in total. The van der Waals surface area contributed by atoms with E-state index in [1.54, 1.807) is 21.0 Å². The van der Waals surface area contributed by atoms with Gasteiger partial charge in [0.05, 0.1) is 10.4 Å². The summed E-state index contributed by atoms with van der Waals surface area (Å²) in [7, 11) is -2.26. The molecule has 2 heterocycles. The first-order valence-electron chi connectivity index (χ1n) is 10.0. The van der Waals surface area contributed by atoms with E-state index in [2.05, 4.69) is 20.6 Å². The third-order valence-corrected chi connectivity index (χ3v) is 7.12. The van der Waals surface area contributed by atoms with Gasteiger partial charge in [-0.25, -0.2) is 13.4 Å². The zero-order valence-electron chi connectivity index (χ0n) is 18.0. The van der Waals surface area contributed by atoms with Gasteiger partial charge in [0, 0.05) is 25.6 Å². The maximum atomic E-state index is 13.6. The summed E-state index contributed by atoms with van der Waals surface area (Å²) in [6, 6.07) is 11.3. The Morgan fingerprint density at radius 2 is 1.81 bits per heavy atom. The van der Waals surface area contributed by atoms with Gasteiger partial charge in [0.1, 0.15) is 5.82 Å². The predicted molar refractivity (Wildman–Crippen MR) is 119 cm³/mol. The lowest BCUT2D eigenvalue weighted by Crippen LogP contribution is -2.10. The van der Waals surface area contributed by atoms with Crippen molar-refractivity contribution in [3.63, 3.8) is 0 Å². The van der Waals surface area contributed by atoms with Gasteiger partial charge in [-0.2, -0.15) is 4.52 Å². The van der Waals surface area contributed by atoms with E-state index in [0.29, 0.717) is 30.1 Å². The number of ether oxygens (including phenoxy) is 1. The van der Waals surface area contributed by atoms with Crippen LogP contribution >= 0.6 is 0 Å². The molecule has 0 amide bonds. The fourth-order valence-corrected chi connectivity index (χ4v) is 5.64. The Balaban J connectivity index is 1.91. The number of hydrogen-bond acceptors (Lipinski definition) is 7. The molecule has 0 atom stereocenters. The van der Waals surface area contributed by atoms with Gasteiger partial charge in [0.15, 0.2) is 5.65 Å². The molecule has 4 aromatic rings. The highest BCUT2D eigenvalue weighted by atomic mass is 32.2. The molecule has 0 aliphatic rings. The van der Waals surface area contributed by atoms with Crippen LogP contribution in [0.4, 0.5) is 5.82 Å². The summed E-state index contributed by atoms with van der Waals surface area (Å²) in [6.07, 6.45) is 0.794. The maximum Gasteiger partial charge on any atom is 0.230 e. The van der Waals surface area contributed by atoms with E-state index in [0.717, 1.165) is 22.9 Å². The summed E-state index contributed by atoms with van der Waals surface area (Å²) in [6.45, 7) is 6.79. The maximum absolute atomic E-state index is 13.6. The van der Waals surface area contributed by atoms with Crippen molar-refractivity contribution in [2.45, 2.75) is 37.1 Å². The standard InChI is InChI=1S/C22H25N5O3S/c1-14-12-15(2)19(16(3)13-14)31(28,29)22-21-24-20(23-10-7-11-30-4)17-8-5-6-9-18(17)27(21)26-25-22/h5-6,8-9,12-13H,7,10-11H2,1-4H3,(H,23,24). The molecule has 2 aromatic carbocycles. The number of para-hydroxylation sites is 1. The van der Waals surface area contributed by atoms with Gasteiger partial charge in [0.2, 0.25) is 14.9 Å². The largest absolute Gasteiger partial charge is 0.385 e. The van der Waals surface area contributed by atoms with Crippen LogP contribution in [0.5, 0.6) is 0 Å². The molecule has 31 heavy (non-hydrogen) atoms. The minimum atomic E-state index is -3.92. The molecule has 0 spiro atoms. The van der Waals surface area contributed by atoms with Crippen LogP contribution in [0.2, 0.25) is 0 Å². The summed E-state index contributed by atoms with van der Waals surface area (Å²) in [5, 5.41) is 12.2. The van der Waals surface area contributed by atoms with E-state index in [1.807, 2.05) is 43.3 Å². The summed E-state index contributed by atoms with van der Waals surface area (Å²) in [5.41, 5.74) is 3.29. The van der Waals surface area contributed by atoms with Crippen LogP contribution in [-0.4, -0.2) is 48.5 Å². The molecule has 0 radical (unpaired) electrons. The lowest BCUT2D eigenvalue weighted by atomic mass is 10.1. The van der Waals surface area contributed by atoms with Crippen molar-refractivity contribution in [2.75, 3.05) is 25.6 Å². The molecule has 4 rings (SSSR count). The van der Waals surface area contributed by atoms with Crippen molar-refractivity contribution in [1.29, 1.82) is 0 Å². The number of anilines is 1. The van der Waals surface area contributed by atoms with Gasteiger partial charge < -0.3 is 10.1 Å². The molecule has 0 aliphatic carbocycles. The smallest absolute Gasteiger partial charge is 0.230 e. The molecule has 0 aliphatic heterocycles. The van der Waals surface area contributed by atoms with Crippen molar-refractivity contribution >= 4 is 32.2 Å². The lowest BCUT2D eigenvalue weighted by molar-refractivity contribution is 0.198. The molecule has 1 N–H and O–H groups in total. The fourth-order valence-electron chi connectivity index (χ4n) is 3.96. The van der Waals surface area contributed by atoms with E-state index in [4.69, 9.17) is 4.74 Å². The minimum absolute atomic E-state index is 0.145. The van der Waals surface area contributed by atoms with E-state index in [-0.39, 0.29) is 15.6 Å². The topological polar surface area (TPSA) is 98.5 Å². The number of benzene rings is 2. The normalized spacial score (nSPS) is 12.0. The molecule has 0 saturated carbocycles. The molecule has 9 heteroatoms. The van der Waals surface area contributed by atoms with E-state index < -0.39 is 9.84 Å². The first-order chi connectivity index (χ1) is 14.8. The Morgan fingerprint density at radius 3 is 2.52 bits per heavy atom. The Hall–Kier alpha value is -3.04. The van der Waals surface area contributed by atoms with Crippen LogP contribution in [0, 0.1) is 20.8 Å². The van der Waals surface area contributed by atoms with Crippen molar-refractivity contribution in [1.82, 2.24) is 19.8 Å². The number of aryl methyl sites for hydroxylation is 3. The zero-order valence-corrected chi connectivity index (χ0v) is 18.8. The molecular weight excluding hydrogens is 414 g/mol. The Kier molecular flexibility index (Phi) is 5.63. The number of fused-ring (bicyclic) bond motifs is 3. The van der Waals surface area contributed by atoms with Crippen molar-refractivity contribution in [3.8, 4) is 0 Å². The third kappa shape index (κ3) is 3.75. The minimum Gasteiger partial charge on any atom is -0.385 e. The first kappa shape index (κ1) is 21.2. The Labute approximate surface area is 181 Å². The molecule has 0 saturated heterocycles. The highest BCUT2D eigenvalue weighted by Crippen LogP contribution is 2.31. The van der Waals surface area contributed by atoms with Crippen molar-refractivity contribution < 1.29 is 13.2 Å². The van der Waals surface area contributed by atoms with Crippen LogP contribution < -0.4 is 5.32 Å². The van der Waals surface area contributed by atoms with Crippen LogP contribution in [0.3, 0.4) is 0 Å². The van der Waals surface area contributed by atoms with Gasteiger partial charge in [-0.15, -0.1) is 5.10 Å². The number of methoxy groups -OCH3 is 1. The summed E-state index contributed by atoms with van der Waals surface area (Å²) in [4.78, 5) is 4.89. The SMILES string of the molecule is COCCCNc1nc2c(S(=O)(=O)c3c(C)cc(C)cc3C)nnn2c2ccccc12. The Bertz CT molecular complexity index is 1360. The second-order valence-electron chi connectivity index (χ2n) is 7.61. The van der Waals surface area contributed by atoms with Crippen LogP contribution in [0.1, 0.15) is 23.1 Å². The second-order valence-corrected chi connectivity index (χ2v) is 9.41. The summed E-state index contributed by atoms with van der Waals surface area (Å²) >= 11 is 0. The number of rotatable bonds is 7. The molecule has 0 fully saturated rings. The number of nitrogens with zero attached hydrogens (tertiary/aromatic N) is 4. The highest BCUT2D eigenvalue weighted by Gasteiger charge is 2.30.